The summed E-state index contributed by atoms with van der Waals surface area (Å²) in [6, 6.07) is 22.7. The molecule has 1 saturated heterocycles. The van der Waals surface area contributed by atoms with Crippen LogP contribution in [-0.2, 0) is 0 Å². The van der Waals surface area contributed by atoms with Crippen molar-refractivity contribution in [2.75, 3.05) is 0 Å². The summed E-state index contributed by atoms with van der Waals surface area (Å²) in [4.78, 5) is 0. The molecular weight excluding hydrogens is 686 g/mol. The van der Waals surface area contributed by atoms with Gasteiger partial charge in [-0.2, -0.15) is 0 Å². The van der Waals surface area contributed by atoms with Gasteiger partial charge in [0.05, 0.1) is 0 Å². The molecule has 0 aliphatic carbocycles. The molecule has 2 aromatic carbocycles. The van der Waals surface area contributed by atoms with Gasteiger partial charge in [0.1, 0.15) is 0 Å². The summed E-state index contributed by atoms with van der Waals surface area (Å²) in [6.45, 7) is 14.5. The number of benzene rings is 2. The number of hydrogen-bond acceptors (Lipinski definition) is 2. The van der Waals surface area contributed by atoms with Crippen molar-refractivity contribution in [1.82, 2.24) is 1.57 Å². The van der Waals surface area contributed by atoms with Crippen LogP contribution >= 0.6 is 0 Å². The van der Waals surface area contributed by atoms with Crippen molar-refractivity contribution in [2.24, 2.45) is 0 Å². The first-order chi connectivity index (χ1) is 11.2. The molecule has 1 heterocycles. The summed E-state index contributed by atoms with van der Waals surface area (Å²) >= 11 is -4.21. The minimum absolute atomic E-state index is 0.267. The normalized spacial score (nSPS) is 18.6. The van der Waals surface area contributed by atoms with Crippen molar-refractivity contribution in [1.29, 1.82) is 0 Å². The molecule has 1 aliphatic rings. The van der Waals surface area contributed by atoms with Gasteiger partial charge in [0.25, 0.3) is 0 Å². The Morgan fingerprint density at radius 3 is 1.08 bits per heavy atom. The second-order valence-corrected chi connectivity index (χ2v) is 33.4. The fraction of sp³-hybridized carbons (Fsp3) is 0.400. The van der Waals surface area contributed by atoms with E-state index < -0.39 is 44.7 Å². The number of rotatable bonds is 2. The monoisotopic (exact) mass is 714 g/mol. The Labute approximate surface area is 164 Å². The molecule has 0 aromatic heterocycles. The van der Waals surface area contributed by atoms with E-state index in [9.17, 15) is 0 Å². The SMILES string of the molecule is CC(C)(C)[N]1[Bi]([c]2ccccc2)[N](C(C)(C)C)[Bi]1[c]1ccccc1. The zero-order valence-corrected chi connectivity index (χ0v) is 22.5. The molecule has 2 aromatic rings. The van der Waals surface area contributed by atoms with Crippen LogP contribution in [0, 0.1) is 0 Å². The van der Waals surface area contributed by atoms with Crippen LogP contribution in [0.15, 0.2) is 60.7 Å². The average molecular weight is 714 g/mol. The van der Waals surface area contributed by atoms with E-state index in [0.29, 0.717) is 0 Å². The molecule has 1 aliphatic heterocycles. The van der Waals surface area contributed by atoms with E-state index in [4.69, 9.17) is 0 Å². The van der Waals surface area contributed by atoms with E-state index in [-0.39, 0.29) is 11.1 Å². The molecule has 1 fully saturated rings. The number of hydrogen-bond donors (Lipinski definition) is 0. The molecule has 0 radical (unpaired) electrons. The zero-order chi connectivity index (χ0) is 17.5. The standard InChI is InChI=1S/2C6H5.2C4H9N.2Bi/c2*1-2-4-6-5-3-1;2*1-4(2,3)5;;/h2*1-5H;2*1-3H3;;. The molecule has 2 nitrogen and oxygen atoms in total. The molecule has 24 heavy (non-hydrogen) atoms. The van der Waals surface area contributed by atoms with Gasteiger partial charge >= 0.3 is 166 Å². The van der Waals surface area contributed by atoms with Crippen LogP contribution in [0.25, 0.3) is 0 Å². The van der Waals surface area contributed by atoms with Crippen molar-refractivity contribution in [3.8, 4) is 0 Å². The topological polar surface area (TPSA) is 6.48 Å². The summed E-state index contributed by atoms with van der Waals surface area (Å²) in [5.41, 5.74) is 0.534. The fourth-order valence-corrected chi connectivity index (χ4v) is 51.7. The zero-order valence-electron chi connectivity index (χ0n) is 15.6. The van der Waals surface area contributed by atoms with Gasteiger partial charge in [0.15, 0.2) is 0 Å². The van der Waals surface area contributed by atoms with Crippen LogP contribution in [0.2, 0.25) is 0 Å². The van der Waals surface area contributed by atoms with Crippen molar-refractivity contribution in [2.45, 2.75) is 52.6 Å². The van der Waals surface area contributed by atoms with Crippen molar-refractivity contribution in [3.63, 3.8) is 0 Å². The maximum atomic E-state index is 3.05. The van der Waals surface area contributed by atoms with Crippen LogP contribution in [0.5, 0.6) is 0 Å². The summed E-state index contributed by atoms with van der Waals surface area (Å²) in [5, 5.41) is 0. The first-order valence-electron chi connectivity index (χ1n) is 8.52. The van der Waals surface area contributed by atoms with E-state index >= 15 is 0 Å². The minimum atomic E-state index is -2.10. The summed E-state index contributed by atoms with van der Waals surface area (Å²) < 4.78 is 9.35. The fourth-order valence-electron chi connectivity index (χ4n) is 2.99. The number of nitrogens with zero attached hydrogens (tertiary/aromatic N) is 2. The van der Waals surface area contributed by atoms with Gasteiger partial charge in [-0.05, 0) is 0 Å². The van der Waals surface area contributed by atoms with Gasteiger partial charge in [-0.15, -0.1) is 0 Å². The van der Waals surface area contributed by atoms with Gasteiger partial charge in [-0.25, -0.2) is 0 Å². The van der Waals surface area contributed by atoms with E-state index in [0.717, 1.165) is 0 Å². The van der Waals surface area contributed by atoms with Crippen LogP contribution in [0.1, 0.15) is 41.5 Å². The summed E-state index contributed by atoms with van der Waals surface area (Å²) in [5.74, 6) is 0. The molecule has 0 unspecified atom stereocenters. The Morgan fingerprint density at radius 1 is 0.542 bits per heavy atom. The van der Waals surface area contributed by atoms with E-state index in [1.165, 1.54) is 0 Å². The molecular formula is C20H28Bi2N2. The Hall–Kier alpha value is 0.126. The Morgan fingerprint density at radius 2 is 0.833 bits per heavy atom. The van der Waals surface area contributed by atoms with Crippen LogP contribution in [0.3, 0.4) is 0 Å². The Bertz CT molecular complexity index is 605. The van der Waals surface area contributed by atoms with Crippen LogP contribution < -0.4 is 6.54 Å². The van der Waals surface area contributed by atoms with Crippen molar-refractivity contribution in [3.05, 3.63) is 60.7 Å². The van der Waals surface area contributed by atoms with Gasteiger partial charge < -0.3 is 0 Å². The third-order valence-electron chi connectivity index (χ3n) is 3.89. The van der Waals surface area contributed by atoms with Gasteiger partial charge in [0.2, 0.25) is 0 Å². The predicted molar refractivity (Wildman–Crippen MR) is 107 cm³/mol. The second-order valence-electron chi connectivity index (χ2n) is 8.17. The molecule has 0 bridgehead atoms. The van der Waals surface area contributed by atoms with Crippen LogP contribution in [0.4, 0.5) is 0 Å². The summed E-state index contributed by atoms with van der Waals surface area (Å²) in [6.07, 6.45) is 0. The first-order valence-corrected chi connectivity index (χ1v) is 18.2. The average Bonchev–Trinajstić information content (AvgIpc) is 2.45. The molecule has 0 spiro atoms. The van der Waals surface area contributed by atoms with E-state index in [1.54, 1.807) is 6.54 Å². The quantitative estimate of drug-likeness (QED) is 0.442. The van der Waals surface area contributed by atoms with E-state index in [2.05, 4.69) is 104 Å². The van der Waals surface area contributed by atoms with Crippen molar-refractivity contribution < 1.29 is 0 Å². The van der Waals surface area contributed by atoms with Gasteiger partial charge in [-0.3, -0.25) is 0 Å². The maximum absolute atomic E-state index is 3.05. The third kappa shape index (κ3) is 3.63. The molecule has 128 valence electrons. The van der Waals surface area contributed by atoms with Gasteiger partial charge in [0, 0.05) is 0 Å². The predicted octanol–water partition coefficient (Wildman–Crippen LogP) is 2.99. The molecule has 0 N–H and O–H groups in total. The Balaban J connectivity index is 2.10. The first kappa shape index (κ1) is 18.9. The molecule has 0 atom stereocenters. The van der Waals surface area contributed by atoms with Gasteiger partial charge in [-0.1, -0.05) is 0 Å². The molecule has 4 heteroatoms. The third-order valence-corrected chi connectivity index (χ3v) is 47.8. The second kappa shape index (κ2) is 7.03. The van der Waals surface area contributed by atoms with Crippen molar-refractivity contribution >= 4 is 51.2 Å². The Kier molecular flexibility index (Phi) is 5.54. The van der Waals surface area contributed by atoms with E-state index in [1.807, 2.05) is 0 Å². The molecule has 3 rings (SSSR count). The van der Waals surface area contributed by atoms with Crippen LogP contribution in [-0.4, -0.2) is 57.3 Å². The molecule has 0 saturated carbocycles. The molecule has 0 amide bonds. The summed E-state index contributed by atoms with van der Waals surface area (Å²) in [7, 11) is 0.